The summed E-state index contributed by atoms with van der Waals surface area (Å²) >= 11 is 0. The number of carbonyl (C=O) groups is 3. The van der Waals surface area contributed by atoms with Crippen molar-refractivity contribution in [2.24, 2.45) is 5.92 Å². The lowest BCUT2D eigenvalue weighted by molar-refractivity contribution is -0.140. The van der Waals surface area contributed by atoms with Gasteiger partial charge in [0.05, 0.1) is 5.56 Å². The van der Waals surface area contributed by atoms with Gasteiger partial charge in [0.2, 0.25) is 0 Å². The molecule has 2 aromatic rings. The molecule has 0 saturated heterocycles. The molecule has 142 valence electrons. The predicted molar refractivity (Wildman–Crippen MR) is 99.3 cm³/mol. The Morgan fingerprint density at radius 1 is 1.04 bits per heavy atom. The van der Waals surface area contributed by atoms with Crippen LogP contribution in [0.3, 0.4) is 0 Å². The maximum absolute atomic E-state index is 13.8. The second kappa shape index (κ2) is 8.44. The van der Waals surface area contributed by atoms with Gasteiger partial charge < -0.3 is 15.7 Å². The monoisotopic (exact) mass is 372 g/mol. The molecule has 3 N–H and O–H groups in total. The molecule has 0 radical (unpaired) electrons. The van der Waals surface area contributed by atoms with Crippen LogP contribution in [0.15, 0.2) is 42.5 Å². The molecule has 2 aromatic carbocycles. The van der Waals surface area contributed by atoms with Gasteiger partial charge >= 0.3 is 5.97 Å². The van der Waals surface area contributed by atoms with E-state index in [1.54, 1.807) is 32.9 Å². The first kappa shape index (κ1) is 20.1. The number of aryl methyl sites for hydroxylation is 1. The fourth-order valence-corrected chi connectivity index (χ4v) is 2.47. The summed E-state index contributed by atoms with van der Waals surface area (Å²) in [4.78, 5) is 35.9. The number of nitrogens with one attached hydrogen (secondary N) is 2. The lowest BCUT2D eigenvalue weighted by Crippen LogP contribution is -2.44. The number of hydrogen-bond acceptors (Lipinski definition) is 3. The normalized spacial score (nSPS) is 11.7. The number of aliphatic carboxylic acids is 1. The number of rotatable bonds is 6. The van der Waals surface area contributed by atoms with Crippen LogP contribution < -0.4 is 10.6 Å². The SMILES string of the molecule is Cc1ccc(C(=O)NC(C(=O)O)C(C)C)cc1NC(=O)c1ccccc1F. The highest BCUT2D eigenvalue weighted by Gasteiger charge is 2.24. The minimum absolute atomic E-state index is 0.113. The van der Waals surface area contributed by atoms with Crippen molar-refractivity contribution < 1.29 is 23.9 Å². The number of halogens is 1. The Kier molecular flexibility index (Phi) is 6.28. The molecule has 0 heterocycles. The van der Waals surface area contributed by atoms with Crippen LogP contribution in [0.4, 0.5) is 10.1 Å². The molecule has 1 unspecified atom stereocenters. The van der Waals surface area contributed by atoms with Crippen molar-refractivity contribution in [3.63, 3.8) is 0 Å². The summed E-state index contributed by atoms with van der Waals surface area (Å²) in [6.07, 6.45) is 0. The van der Waals surface area contributed by atoms with E-state index in [-0.39, 0.29) is 17.0 Å². The zero-order chi connectivity index (χ0) is 20.1. The molecule has 0 aliphatic heterocycles. The summed E-state index contributed by atoms with van der Waals surface area (Å²) in [5, 5.41) is 14.2. The third-order valence-corrected chi connectivity index (χ3v) is 4.09. The molecule has 7 heteroatoms. The molecule has 0 bridgehead atoms. The van der Waals surface area contributed by atoms with Crippen LogP contribution in [0.2, 0.25) is 0 Å². The van der Waals surface area contributed by atoms with Crippen LogP contribution in [0.25, 0.3) is 0 Å². The summed E-state index contributed by atoms with van der Waals surface area (Å²) in [5.74, 6) is -3.28. The fraction of sp³-hybridized carbons (Fsp3) is 0.250. The Bertz CT molecular complexity index is 880. The number of carboxylic acid groups (broad SMARTS) is 1. The maximum atomic E-state index is 13.8. The average molecular weight is 372 g/mol. The van der Waals surface area contributed by atoms with Crippen molar-refractivity contribution in [1.82, 2.24) is 5.32 Å². The van der Waals surface area contributed by atoms with E-state index in [4.69, 9.17) is 0 Å². The van der Waals surface area contributed by atoms with Crippen LogP contribution in [0, 0.1) is 18.7 Å². The third kappa shape index (κ3) is 4.91. The van der Waals surface area contributed by atoms with E-state index in [1.165, 1.54) is 30.3 Å². The average Bonchev–Trinajstić information content (AvgIpc) is 2.61. The smallest absolute Gasteiger partial charge is 0.326 e. The first-order valence-corrected chi connectivity index (χ1v) is 8.41. The molecule has 1 atom stereocenters. The molecule has 0 fully saturated rings. The number of carbonyl (C=O) groups excluding carboxylic acids is 2. The number of benzene rings is 2. The largest absolute Gasteiger partial charge is 0.480 e. The van der Waals surface area contributed by atoms with E-state index in [0.717, 1.165) is 0 Å². The van der Waals surface area contributed by atoms with E-state index in [9.17, 15) is 23.9 Å². The Hall–Kier alpha value is -3.22. The molecule has 0 aliphatic carbocycles. The molecule has 6 nitrogen and oxygen atoms in total. The topological polar surface area (TPSA) is 95.5 Å². The van der Waals surface area contributed by atoms with Gasteiger partial charge in [0.1, 0.15) is 11.9 Å². The zero-order valence-electron chi connectivity index (χ0n) is 15.2. The van der Waals surface area contributed by atoms with Gasteiger partial charge in [0.15, 0.2) is 0 Å². The van der Waals surface area contributed by atoms with Crippen LogP contribution in [-0.2, 0) is 4.79 Å². The van der Waals surface area contributed by atoms with E-state index in [0.29, 0.717) is 11.3 Å². The molecule has 0 spiro atoms. The second-order valence-corrected chi connectivity index (χ2v) is 6.50. The van der Waals surface area contributed by atoms with Crippen LogP contribution >= 0.6 is 0 Å². The molecule has 2 amide bonds. The van der Waals surface area contributed by atoms with Crippen LogP contribution in [0.1, 0.15) is 40.1 Å². The van der Waals surface area contributed by atoms with Gasteiger partial charge in [0, 0.05) is 11.3 Å². The summed E-state index contributed by atoms with van der Waals surface area (Å²) in [6, 6.07) is 9.13. The highest BCUT2D eigenvalue weighted by Crippen LogP contribution is 2.19. The summed E-state index contributed by atoms with van der Waals surface area (Å²) in [5.41, 5.74) is 1.09. The van der Waals surface area contributed by atoms with Gasteiger partial charge in [-0.15, -0.1) is 0 Å². The van der Waals surface area contributed by atoms with E-state index < -0.39 is 29.6 Å². The molecular weight excluding hydrogens is 351 g/mol. The van der Waals surface area contributed by atoms with Crippen molar-refractivity contribution >= 4 is 23.5 Å². The Labute approximate surface area is 156 Å². The van der Waals surface area contributed by atoms with Crippen molar-refractivity contribution in [3.8, 4) is 0 Å². The number of anilines is 1. The Morgan fingerprint density at radius 3 is 2.30 bits per heavy atom. The Morgan fingerprint density at radius 2 is 1.70 bits per heavy atom. The van der Waals surface area contributed by atoms with Gasteiger partial charge in [-0.05, 0) is 42.7 Å². The first-order valence-electron chi connectivity index (χ1n) is 8.41. The number of carboxylic acids is 1. The van der Waals surface area contributed by atoms with Gasteiger partial charge in [-0.2, -0.15) is 0 Å². The third-order valence-electron chi connectivity index (χ3n) is 4.09. The summed E-state index contributed by atoms with van der Waals surface area (Å²) in [6.45, 7) is 5.11. The predicted octanol–water partition coefficient (Wildman–Crippen LogP) is 3.23. The molecule has 0 aliphatic rings. The van der Waals surface area contributed by atoms with E-state index in [1.807, 2.05) is 0 Å². The van der Waals surface area contributed by atoms with Crippen molar-refractivity contribution in [1.29, 1.82) is 0 Å². The van der Waals surface area contributed by atoms with Gasteiger partial charge in [0.25, 0.3) is 11.8 Å². The lowest BCUT2D eigenvalue weighted by atomic mass is 10.0. The molecule has 0 aromatic heterocycles. The van der Waals surface area contributed by atoms with Crippen molar-refractivity contribution in [3.05, 3.63) is 65.0 Å². The van der Waals surface area contributed by atoms with E-state index >= 15 is 0 Å². The van der Waals surface area contributed by atoms with Gasteiger partial charge in [-0.1, -0.05) is 32.0 Å². The minimum atomic E-state index is -1.13. The summed E-state index contributed by atoms with van der Waals surface area (Å²) < 4.78 is 13.8. The second-order valence-electron chi connectivity index (χ2n) is 6.50. The van der Waals surface area contributed by atoms with Crippen molar-refractivity contribution in [2.75, 3.05) is 5.32 Å². The maximum Gasteiger partial charge on any atom is 0.326 e. The van der Waals surface area contributed by atoms with E-state index in [2.05, 4.69) is 10.6 Å². The lowest BCUT2D eigenvalue weighted by Gasteiger charge is -2.18. The Balaban J connectivity index is 2.23. The van der Waals surface area contributed by atoms with Crippen LogP contribution in [-0.4, -0.2) is 28.9 Å². The minimum Gasteiger partial charge on any atom is -0.480 e. The summed E-state index contributed by atoms with van der Waals surface area (Å²) in [7, 11) is 0. The fourth-order valence-electron chi connectivity index (χ4n) is 2.47. The number of hydrogen-bond donors (Lipinski definition) is 3. The van der Waals surface area contributed by atoms with Crippen LogP contribution in [0.5, 0.6) is 0 Å². The van der Waals surface area contributed by atoms with Gasteiger partial charge in [-0.25, -0.2) is 9.18 Å². The van der Waals surface area contributed by atoms with Crippen molar-refractivity contribution in [2.45, 2.75) is 26.8 Å². The highest BCUT2D eigenvalue weighted by atomic mass is 19.1. The molecular formula is C20H21FN2O4. The quantitative estimate of drug-likeness (QED) is 0.725. The number of amides is 2. The zero-order valence-corrected chi connectivity index (χ0v) is 15.2. The van der Waals surface area contributed by atoms with Gasteiger partial charge in [-0.3, -0.25) is 9.59 Å². The highest BCUT2D eigenvalue weighted by molar-refractivity contribution is 6.06. The molecule has 27 heavy (non-hydrogen) atoms. The first-order chi connectivity index (χ1) is 12.7. The standard InChI is InChI=1S/C20H21FN2O4/c1-11(2)17(20(26)27)23-18(24)13-9-8-12(3)16(10-13)22-19(25)14-6-4-5-7-15(14)21/h4-11,17H,1-3H3,(H,22,25)(H,23,24)(H,26,27). The molecule has 2 rings (SSSR count). The molecule has 0 saturated carbocycles.